The van der Waals surface area contributed by atoms with Crippen LogP contribution in [0.1, 0.15) is 6.42 Å². The van der Waals surface area contributed by atoms with E-state index in [0.29, 0.717) is 0 Å². The Kier molecular flexibility index (Phi) is 8.64. The normalized spacial score (nSPS) is 12.3. The summed E-state index contributed by atoms with van der Waals surface area (Å²) < 4.78 is 0.844. The summed E-state index contributed by atoms with van der Waals surface area (Å²) in [5, 5.41) is 16.5. The predicted octanol–water partition coefficient (Wildman–Crippen LogP) is -2.04. The third-order valence-corrected chi connectivity index (χ3v) is 1.51. The number of likely N-dealkylation sites (N-methyl/N-ethyl adjacent to an activating group) is 1. The number of aliphatic hydroxyl groups is 1. The zero-order valence-corrected chi connectivity index (χ0v) is 10.0. The van der Waals surface area contributed by atoms with Crippen LogP contribution >= 0.6 is 0 Å². The van der Waals surface area contributed by atoms with E-state index in [0.717, 1.165) is 11.0 Å². The number of primary amides is 1. The largest absolute Gasteiger partial charge is 0.480 e. The number of aliphatic carboxylic acids is 1. The van der Waals surface area contributed by atoms with E-state index >= 15 is 0 Å². The summed E-state index contributed by atoms with van der Waals surface area (Å²) in [6.07, 6.45) is -0.310. The zero-order valence-electron chi connectivity index (χ0n) is 10.0. The minimum absolute atomic E-state index is 0.281. The van der Waals surface area contributed by atoms with Crippen molar-refractivity contribution in [2.75, 3.05) is 34.3 Å². The molecule has 1 atom stereocenters. The maximum Gasteiger partial charge on any atom is 0.321 e. The highest BCUT2D eigenvalue weighted by Gasteiger charge is 2.13. The van der Waals surface area contributed by atoms with Crippen molar-refractivity contribution in [1.82, 2.24) is 0 Å². The number of aliphatic hydroxyl groups excluding tert-OH is 1. The lowest BCUT2D eigenvalue weighted by atomic mass is 10.2. The van der Waals surface area contributed by atoms with E-state index in [2.05, 4.69) is 26.9 Å². The van der Waals surface area contributed by atoms with Gasteiger partial charge in [-0.2, -0.15) is 0 Å². The molecule has 0 heterocycles. The summed E-state index contributed by atoms with van der Waals surface area (Å²) in [6.45, 7) is 1.11. The summed E-state index contributed by atoms with van der Waals surface area (Å²) in [4.78, 5) is 19.9. The molecule has 0 aliphatic heterocycles. The van der Waals surface area contributed by atoms with Crippen molar-refractivity contribution in [3.05, 3.63) is 0 Å². The van der Waals surface area contributed by atoms with E-state index in [1.54, 1.807) is 0 Å². The van der Waals surface area contributed by atoms with Crippen LogP contribution in [0.5, 0.6) is 0 Å². The number of hydrogen-bond acceptors (Lipinski definition) is 4. The quantitative estimate of drug-likeness (QED) is 0.409. The SMILES string of the molecule is C[N+](C)(C)CCO.NC(=O)CC(N)C(=O)O. The van der Waals surface area contributed by atoms with Crippen LogP contribution in [0.3, 0.4) is 0 Å². The number of nitrogens with zero attached hydrogens (tertiary/aromatic N) is 1. The van der Waals surface area contributed by atoms with Gasteiger partial charge in [-0.25, -0.2) is 0 Å². The molecule has 0 aromatic heterocycles. The maximum atomic E-state index is 9.99. The minimum Gasteiger partial charge on any atom is -0.480 e. The zero-order chi connectivity index (χ0) is 13.4. The molecule has 0 saturated carbocycles. The second kappa shape index (κ2) is 8.03. The van der Waals surface area contributed by atoms with Gasteiger partial charge in [0.15, 0.2) is 0 Å². The Hall–Kier alpha value is -1.18. The predicted molar refractivity (Wildman–Crippen MR) is 59.4 cm³/mol. The average molecular weight is 236 g/mol. The van der Waals surface area contributed by atoms with Crippen LogP contribution in [-0.2, 0) is 9.59 Å². The third-order valence-electron chi connectivity index (χ3n) is 1.51. The van der Waals surface area contributed by atoms with Crippen LogP contribution in [0.4, 0.5) is 0 Å². The molecule has 6 N–H and O–H groups in total. The number of rotatable bonds is 5. The van der Waals surface area contributed by atoms with Gasteiger partial charge in [0.2, 0.25) is 5.91 Å². The van der Waals surface area contributed by atoms with Gasteiger partial charge in [-0.1, -0.05) is 0 Å². The van der Waals surface area contributed by atoms with Gasteiger partial charge in [0, 0.05) is 0 Å². The van der Waals surface area contributed by atoms with Crippen LogP contribution in [-0.4, -0.2) is 66.9 Å². The van der Waals surface area contributed by atoms with Gasteiger partial charge in [0.1, 0.15) is 12.6 Å². The Labute approximate surface area is 95.2 Å². The van der Waals surface area contributed by atoms with Crippen molar-refractivity contribution in [2.45, 2.75) is 12.5 Å². The van der Waals surface area contributed by atoms with Crippen molar-refractivity contribution in [1.29, 1.82) is 0 Å². The summed E-state index contributed by atoms with van der Waals surface area (Å²) in [5.41, 5.74) is 9.57. The molecule has 0 spiro atoms. The standard InChI is InChI=1S/C5H14NO.C4H8N2O3/c1-6(2,3)4-5-7;5-2(4(8)9)1-3(6)7/h7H,4-5H2,1-3H3;2H,1,5H2,(H2,6,7)(H,8,9)/q+1;. The Bertz CT molecular complexity index is 225. The summed E-state index contributed by atoms with van der Waals surface area (Å²) in [5.74, 6) is -1.92. The molecule has 0 aliphatic carbocycles. The first-order valence-electron chi connectivity index (χ1n) is 4.78. The molecule has 0 aromatic carbocycles. The Morgan fingerprint density at radius 1 is 1.31 bits per heavy atom. The smallest absolute Gasteiger partial charge is 0.321 e. The van der Waals surface area contributed by atoms with Crippen molar-refractivity contribution in [2.24, 2.45) is 11.5 Å². The highest BCUT2D eigenvalue weighted by molar-refractivity contribution is 5.83. The van der Waals surface area contributed by atoms with E-state index in [1.807, 2.05) is 0 Å². The average Bonchev–Trinajstić information content (AvgIpc) is 2.01. The molecule has 16 heavy (non-hydrogen) atoms. The number of carbonyl (C=O) groups excluding carboxylic acids is 1. The van der Waals surface area contributed by atoms with E-state index < -0.39 is 17.9 Å². The highest BCUT2D eigenvalue weighted by atomic mass is 16.4. The molecule has 0 aromatic rings. The van der Waals surface area contributed by atoms with Crippen molar-refractivity contribution < 1.29 is 24.3 Å². The molecule has 0 aliphatic rings. The summed E-state index contributed by atoms with van der Waals surface area (Å²) in [6, 6.07) is -1.16. The topological polar surface area (TPSA) is 127 Å². The Morgan fingerprint density at radius 3 is 1.81 bits per heavy atom. The van der Waals surface area contributed by atoms with Gasteiger partial charge in [-0.15, -0.1) is 0 Å². The van der Waals surface area contributed by atoms with Crippen LogP contribution in [0.15, 0.2) is 0 Å². The van der Waals surface area contributed by atoms with Crippen LogP contribution in [0, 0.1) is 0 Å². The number of carboxylic acid groups (broad SMARTS) is 1. The molecule has 0 radical (unpaired) electrons. The lowest BCUT2D eigenvalue weighted by molar-refractivity contribution is -0.870. The van der Waals surface area contributed by atoms with Gasteiger partial charge >= 0.3 is 5.97 Å². The molecule has 7 heteroatoms. The fourth-order valence-corrected chi connectivity index (χ4v) is 0.604. The molecule has 96 valence electrons. The third kappa shape index (κ3) is 15.3. The van der Waals surface area contributed by atoms with Gasteiger partial charge in [-0.05, 0) is 0 Å². The van der Waals surface area contributed by atoms with Gasteiger partial charge in [-0.3, -0.25) is 9.59 Å². The number of quaternary nitrogens is 1. The molecule has 1 unspecified atom stereocenters. The lowest BCUT2D eigenvalue weighted by Gasteiger charge is -2.21. The summed E-state index contributed by atoms with van der Waals surface area (Å²) in [7, 11) is 6.16. The summed E-state index contributed by atoms with van der Waals surface area (Å²) >= 11 is 0. The van der Waals surface area contributed by atoms with E-state index in [4.69, 9.17) is 15.9 Å². The Balaban J connectivity index is 0. The van der Waals surface area contributed by atoms with E-state index in [-0.39, 0.29) is 13.0 Å². The van der Waals surface area contributed by atoms with Gasteiger partial charge in [0.25, 0.3) is 0 Å². The van der Waals surface area contributed by atoms with E-state index in [1.165, 1.54) is 0 Å². The molecule has 7 nitrogen and oxygen atoms in total. The van der Waals surface area contributed by atoms with Gasteiger partial charge < -0.3 is 26.2 Å². The molecule has 0 rings (SSSR count). The Morgan fingerprint density at radius 2 is 1.75 bits per heavy atom. The highest BCUT2D eigenvalue weighted by Crippen LogP contribution is 1.85. The fraction of sp³-hybridized carbons (Fsp3) is 0.778. The second-order valence-corrected chi connectivity index (χ2v) is 4.35. The first kappa shape index (κ1) is 17.2. The number of hydrogen-bond donors (Lipinski definition) is 4. The minimum atomic E-state index is -1.21. The first-order chi connectivity index (χ1) is 7.10. The molecular formula is C9H22N3O4+. The molecule has 0 fully saturated rings. The second-order valence-electron chi connectivity index (χ2n) is 4.35. The maximum absolute atomic E-state index is 9.99. The van der Waals surface area contributed by atoms with Crippen molar-refractivity contribution >= 4 is 11.9 Å². The van der Waals surface area contributed by atoms with Crippen molar-refractivity contribution in [3.8, 4) is 0 Å². The van der Waals surface area contributed by atoms with Crippen LogP contribution in [0.25, 0.3) is 0 Å². The number of nitrogens with two attached hydrogens (primary N) is 2. The first-order valence-corrected chi connectivity index (χ1v) is 4.78. The van der Waals surface area contributed by atoms with Crippen LogP contribution in [0.2, 0.25) is 0 Å². The van der Waals surface area contributed by atoms with E-state index in [9.17, 15) is 9.59 Å². The molecule has 0 bridgehead atoms. The molecule has 1 amide bonds. The fourth-order valence-electron chi connectivity index (χ4n) is 0.604. The number of carbonyl (C=O) groups is 2. The monoisotopic (exact) mass is 236 g/mol. The van der Waals surface area contributed by atoms with Crippen LogP contribution < -0.4 is 11.5 Å². The number of amides is 1. The van der Waals surface area contributed by atoms with Gasteiger partial charge in [0.05, 0.1) is 34.2 Å². The lowest BCUT2D eigenvalue weighted by Crippen LogP contribution is -2.36. The van der Waals surface area contributed by atoms with Crippen molar-refractivity contribution in [3.63, 3.8) is 0 Å². The molecular weight excluding hydrogens is 214 g/mol. The number of carboxylic acids is 1. The molecule has 0 saturated heterocycles.